The van der Waals surface area contributed by atoms with Crippen LogP contribution in [0.1, 0.15) is 30.4 Å². The molecule has 1 aliphatic heterocycles. The number of benzene rings is 1. The zero-order valence-electron chi connectivity index (χ0n) is 13.5. The fraction of sp³-hybridized carbons (Fsp3) is 0.667. The Balaban J connectivity index is 1.36. The van der Waals surface area contributed by atoms with Crippen LogP contribution in [0.25, 0.3) is 0 Å². The standard InChI is InChI=1S/C18H27NO3/c1-20-17-7-5-14-4-6-16(11-15(14)12-17)19-8-10-21-13-18-3-2-9-22-18/h5,7,12,16,18-19H,2-4,6,8-11,13H2,1H3/t16-,18-/m1/s1. The Morgan fingerprint density at radius 2 is 2.23 bits per heavy atom. The van der Waals surface area contributed by atoms with Crippen LogP contribution in [0.2, 0.25) is 0 Å². The van der Waals surface area contributed by atoms with Gasteiger partial charge >= 0.3 is 0 Å². The summed E-state index contributed by atoms with van der Waals surface area (Å²) in [6, 6.07) is 6.99. The van der Waals surface area contributed by atoms with Gasteiger partial charge in [0.15, 0.2) is 0 Å². The van der Waals surface area contributed by atoms with E-state index >= 15 is 0 Å². The number of ether oxygens (including phenoxy) is 3. The highest BCUT2D eigenvalue weighted by Gasteiger charge is 2.19. The number of nitrogens with one attached hydrogen (secondary N) is 1. The van der Waals surface area contributed by atoms with Gasteiger partial charge in [-0.05, 0) is 55.4 Å². The third-order valence-electron chi connectivity index (χ3n) is 4.65. The summed E-state index contributed by atoms with van der Waals surface area (Å²) < 4.78 is 16.6. The van der Waals surface area contributed by atoms with Crippen LogP contribution in [0, 0.1) is 0 Å². The average Bonchev–Trinajstić information content (AvgIpc) is 3.07. The van der Waals surface area contributed by atoms with E-state index in [0.717, 1.165) is 51.4 Å². The molecule has 4 nitrogen and oxygen atoms in total. The van der Waals surface area contributed by atoms with Gasteiger partial charge < -0.3 is 19.5 Å². The number of hydrogen-bond donors (Lipinski definition) is 1. The molecule has 1 aromatic carbocycles. The van der Waals surface area contributed by atoms with Gasteiger partial charge in [-0.3, -0.25) is 0 Å². The number of rotatable bonds is 7. The van der Waals surface area contributed by atoms with E-state index in [2.05, 4.69) is 23.5 Å². The molecule has 0 aromatic heterocycles. The van der Waals surface area contributed by atoms with Gasteiger partial charge in [0, 0.05) is 19.2 Å². The van der Waals surface area contributed by atoms with E-state index in [9.17, 15) is 0 Å². The van der Waals surface area contributed by atoms with Gasteiger partial charge in [-0.2, -0.15) is 0 Å². The lowest BCUT2D eigenvalue weighted by molar-refractivity contribution is 0.0177. The first-order chi connectivity index (χ1) is 10.8. The van der Waals surface area contributed by atoms with E-state index in [4.69, 9.17) is 14.2 Å². The van der Waals surface area contributed by atoms with E-state index in [1.54, 1.807) is 7.11 Å². The second-order valence-corrected chi connectivity index (χ2v) is 6.24. The summed E-state index contributed by atoms with van der Waals surface area (Å²) in [6.45, 7) is 3.32. The molecular weight excluding hydrogens is 278 g/mol. The molecular formula is C18H27NO3. The van der Waals surface area contributed by atoms with Crippen LogP contribution in [0.3, 0.4) is 0 Å². The van der Waals surface area contributed by atoms with Gasteiger partial charge in [0.2, 0.25) is 0 Å². The molecule has 2 atom stereocenters. The minimum atomic E-state index is 0.328. The smallest absolute Gasteiger partial charge is 0.119 e. The number of methoxy groups -OCH3 is 1. The Kier molecular flexibility index (Phi) is 5.70. The van der Waals surface area contributed by atoms with Crippen molar-refractivity contribution in [1.82, 2.24) is 5.32 Å². The zero-order chi connectivity index (χ0) is 15.2. The summed E-state index contributed by atoms with van der Waals surface area (Å²) in [5.41, 5.74) is 2.89. The minimum Gasteiger partial charge on any atom is -0.497 e. The number of hydrogen-bond acceptors (Lipinski definition) is 4. The monoisotopic (exact) mass is 305 g/mol. The fourth-order valence-corrected chi connectivity index (χ4v) is 3.36. The number of aryl methyl sites for hydroxylation is 1. The summed E-state index contributed by atoms with van der Waals surface area (Å²) >= 11 is 0. The van der Waals surface area contributed by atoms with Crippen LogP contribution in [-0.4, -0.2) is 45.6 Å². The Morgan fingerprint density at radius 3 is 3.05 bits per heavy atom. The lowest BCUT2D eigenvalue weighted by atomic mass is 9.88. The van der Waals surface area contributed by atoms with E-state index in [1.807, 2.05) is 0 Å². The lowest BCUT2D eigenvalue weighted by Gasteiger charge is -2.26. The van der Waals surface area contributed by atoms with Crippen molar-refractivity contribution in [2.45, 2.75) is 44.2 Å². The summed E-state index contributed by atoms with van der Waals surface area (Å²) in [7, 11) is 1.73. The molecule has 1 N–H and O–H groups in total. The van der Waals surface area contributed by atoms with Crippen molar-refractivity contribution in [2.75, 3.05) is 33.5 Å². The molecule has 1 aromatic rings. The molecule has 122 valence electrons. The van der Waals surface area contributed by atoms with Crippen molar-refractivity contribution < 1.29 is 14.2 Å². The summed E-state index contributed by atoms with van der Waals surface area (Å²) in [5, 5.41) is 3.62. The van der Waals surface area contributed by atoms with Gasteiger partial charge in [0.05, 0.1) is 26.4 Å². The van der Waals surface area contributed by atoms with Gasteiger partial charge in [-0.1, -0.05) is 6.07 Å². The maximum atomic E-state index is 5.71. The third kappa shape index (κ3) is 4.22. The Labute approximate surface area is 133 Å². The summed E-state index contributed by atoms with van der Waals surface area (Å²) in [5.74, 6) is 0.958. The zero-order valence-corrected chi connectivity index (χ0v) is 13.5. The molecule has 0 radical (unpaired) electrons. The van der Waals surface area contributed by atoms with Crippen LogP contribution in [0.5, 0.6) is 5.75 Å². The predicted molar refractivity (Wildman–Crippen MR) is 86.6 cm³/mol. The molecule has 3 rings (SSSR count). The topological polar surface area (TPSA) is 39.7 Å². The van der Waals surface area contributed by atoms with E-state index in [-0.39, 0.29) is 0 Å². The maximum Gasteiger partial charge on any atom is 0.119 e. The fourth-order valence-electron chi connectivity index (χ4n) is 3.36. The van der Waals surface area contributed by atoms with Crippen molar-refractivity contribution in [1.29, 1.82) is 0 Å². The molecule has 1 saturated heterocycles. The molecule has 0 amide bonds. The maximum absolute atomic E-state index is 5.71. The number of fused-ring (bicyclic) bond motifs is 1. The molecule has 0 bridgehead atoms. The van der Waals surface area contributed by atoms with Gasteiger partial charge in [-0.25, -0.2) is 0 Å². The molecule has 22 heavy (non-hydrogen) atoms. The molecule has 1 aliphatic carbocycles. The molecule has 0 spiro atoms. The quantitative estimate of drug-likeness (QED) is 0.785. The van der Waals surface area contributed by atoms with Crippen molar-refractivity contribution in [3.63, 3.8) is 0 Å². The van der Waals surface area contributed by atoms with Crippen LogP contribution in [-0.2, 0) is 22.3 Å². The molecule has 1 fully saturated rings. The van der Waals surface area contributed by atoms with Crippen LogP contribution < -0.4 is 10.1 Å². The Morgan fingerprint density at radius 1 is 1.27 bits per heavy atom. The molecule has 1 heterocycles. The van der Waals surface area contributed by atoms with Crippen LogP contribution in [0.15, 0.2) is 18.2 Å². The largest absolute Gasteiger partial charge is 0.497 e. The van der Waals surface area contributed by atoms with Crippen LogP contribution >= 0.6 is 0 Å². The van der Waals surface area contributed by atoms with Crippen molar-refractivity contribution in [2.24, 2.45) is 0 Å². The minimum absolute atomic E-state index is 0.328. The van der Waals surface area contributed by atoms with Gasteiger partial charge in [0.25, 0.3) is 0 Å². The highest BCUT2D eigenvalue weighted by molar-refractivity contribution is 5.37. The molecule has 0 saturated carbocycles. The van der Waals surface area contributed by atoms with E-state index < -0.39 is 0 Å². The average molecular weight is 305 g/mol. The third-order valence-corrected chi connectivity index (χ3v) is 4.65. The van der Waals surface area contributed by atoms with Crippen molar-refractivity contribution in [3.8, 4) is 5.75 Å². The first kappa shape index (κ1) is 15.8. The second kappa shape index (κ2) is 7.95. The first-order valence-electron chi connectivity index (χ1n) is 8.43. The molecule has 2 aliphatic rings. The molecule has 0 unspecified atom stereocenters. The van der Waals surface area contributed by atoms with E-state index in [1.165, 1.54) is 24.0 Å². The summed E-state index contributed by atoms with van der Waals surface area (Å²) in [6.07, 6.45) is 6.08. The summed E-state index contributed by atoms with van der Waals surface area (Å²) in [4.78, 5) is 0. The van der Waals surface area contributed by atoms with Gasteiger partial charge in [0.1, 0.15) is 5.75 Å². The highest BCUT2D eigenvalue weighted by atomic mass is 16.5. The van der Waals surface area contributed by atoms with Crippen molar-refractivity contribution in [3.05, 3.63) is 29.3 Å². The highest BCUT2D eigenvalue weighted by Crippen LogP contribution is 2.25. The van der Waals surface area contributed by atoms with Crippen molar-refractivity contribution >= 4 is 0 Å². The first-order valence-corrected chi connectivity index (χ1v) is 8.43. The normalized spacial score (nSPS) is 24.2. The second-order valence-electron chi connectivity index (χ2n) is 6.24. The van der Waals surface area contributed by atoms with Gasteiger partial charge in [-0.15, -0.1) is 0 Å². The predicted octanol–water partition coefficient (Wildman–Crippen LogP) is 2.34. The Hall–Kier alpha value is -1.10. The molecule has 4 heteroatoms. The van der Waals surface area contributed by atoms with E-state index in [0.29, 0.717) is 12.1 Å². The SMILES string of the molecule is COc1ccc2c(c1)C[C@H](NCCOC[C@H]1CCCO1)CC2. The lowest BCUT2D eigenvalue weighted by Crippen LogP contribution is -2.36. The Bertz CT molecular complexity index is 471. The van der Waals surface area contributed by atoms with Crippen LogP contribution in [0.4, 0.5) is 0 Å².